The van der Waals surface area contributed by atoms with E-state index in [2.05, 4.69) is 53.5 Å². The highest BCUT2D eigenvalue weighted by atomic mass is 32.2. The Morgan fingerprint density at radius 2 is 2.27 bits per heavy atom. The molecule has 0 unspecified atom stereocenters. The van der Waals surface area contributed by atoms with E-state index in [1.165, 1.54) is 28.6 Å². The number of nitrogens with one attached hydrogen (secondary N) is 1. The molecule has 2 heterocycles. The average molecular weight is 449 g/mol. The van der Waals surface area contributed by atoms with Gasteiger partial charge in [0, 0.05) is 25.1 Å². The first-order valence-corrected chi connectivity index (χ1v) is 12.2. The van der Waals surface area contributed by atoms with Crippen molar-refractivity contribution in [2.75, 3.05) is 26.0 Å². The van der Waals surface area contributed by atoms with Crippen molar-refractivity contribution < 1.29 is 9.53 Å². The van der Waals surface area contributed by atoms with Gasteiger partial charge < -0.3 is 10.1 Å². The van der Waals surface area contributed by atoms with Crippen LogP contribution in [0.3, 0.4) is 0 Å². The van der Waals surface area contributed by atoms with E-state index in [0.29, 0.717) is 36.8 Å². The van der Waals surface area contributed by atoms with Crippen LogP contribution in [-0.2, 0) is 28.9 Å². The number of carbonyl (C=O) groups excluding carboxylic acids is 1. The number of carbonyl (C=O) groups is 1. The number of nitrogens with zero attached hydrogens (tertiary/aromatic N) is 3. The average Bonchev–Trinajstić information content (AvgIpc) is 3.29. The highest BCUT2D eigenvalue weighted by molar-refractivity contribution is 7.99. The molecule has 0 radical (unpaired) electrons. The Morgan fingerprint density at radius 1 is 1.47 bits per heavy atom. The maximum absolute atomic E-state index is 12.0. The van der Waals surface area contributed by atoms with Crippen molar-refractivity contribution in [1.82, 2.24) is 20.1 Å². The normalized spacial score (nSPS) is 16.3. The van der Waals surface area contributed by atoms with Crippen LogP contribution in [0.25, 0.3) is 10.7 Å². The molecule has 164 valence electrons. The zero-order chi connectivity index (χ0) is 21.7. The lowest BCUT2D eigenvalue weighted by atomic mass is 9.72. The summed E-state index contributed by atoms with van der Waals surface area (Å²) in [7, 11) is 1.62. The van der Waals surface area contributed by atoms with Gasteiger partial charge in [0.15, 0.2) is 11.0 Å². The van der Waals surface area contributed by atoms with Crippen LogP contribution in [0.1, 0.15) is 37.6 Å². The molecule has 0 spiro atoms. The van der Waals surface area contributed by atoms with E-state index in [-0.39, 0.29) is 5.91 Å². The fourth-order valence-corrected chi connectivity index (χ4v) is 5.70. The monoisotopic (exact) mass is 448 g/mol. The standard InChI is InChI=1S/C22H32N4O2S2/c1-6-10-26-20(24-25-21(26)29-14-19(27)23-9-11-28-5)18-13-15-12-16(22(2,3)4)7-8-17(15)30-18/h6,13,16H,1,7-12,14H2,2-5H3,(H,23,27)/t16-/m0/s1. The Balaban J connectivity index is 1.75. The zero-order valence-electron chi connectivity index (χ0n) is 18.4. The number of allylic oxidation sites excluding steroid dienone is 1. The van der Waals surface area contributed by atoms with E-state index in [4.69, 9.17) is 4.74 Å². The number of rotatable bonds is 9. The Hall–Kier alpha value is -1.64. The molecule has 2 aromatic heterocycles. The minimum Gasteiger partial charge on any atom is -0.383 e. The number of aryl methyl sites for hydroxylation is 1. The molecule has 6 nitrogen and oxygen atoms in total. The summed E-state index contributed by atoms with van der Waals surface area (Å²) in [5.74, 6) is 1.84. The number of hydrogen-bond acceptors (Lipinski definition) is 6. The lowest BCUT2D eigenvalue weighted by Crippen LogP contribution is -2.28. The van der Waals surface area contributed by atoms with Gasteiger partial charge in [0.25, 0.3) is 0 Å². The number of fused-ring (bicyclic) bond motifs is 1. The van der Waals surface area contributed by atoms with Crippen LogP contribution in [0.4, 0.5) is 0 Å². The molecule has 1 N–H and O–H groups in total. The summed E-state index contributed by atoms with van der Waals surface area (Å²) < 4.78 is 7.01. The van der Waals surface area contributed by atoms with Crippen LogP contribution in [0.5, 0.6) is 0 Å². The van der Waals surface area contributed by atoms with Gasteiger partial charge >= 0.3 is 0 Å². The molecule has 0 aliphatic heterocycles. The van der Waals surface area contributed by atoms with Gasteiger partial charge in [-0.15, -0.1) is 28.1 Å². The minimum atomic E-state index is -0.0356. The molecule has 1 aliphatic carbocycles. The highest BCUT2D eigenvalue weighted by Gasteiger charge is 2.30. The molecular formula is C22H32N4O2S2. The van der Waals surface area contributed by atoms with E-state index in [0.717, 1.165) is 28.7 Å². The second-order valence-electron chi connectivity index (χ2n) is 8.70. The van der Waals surface area contributed by atoms with Crippen LogP contribution in [0, 0.1) is 11.3 Å². The summed E-state index contributed by atoms with van der Waals surface area (Å²) >= 11 is 3.23. The molecule has 30 heavy (non-hydrogen) atoms. The van der Waals surface area contributed by atoms with Gasteiger partial charge in [0.2, 0.25) is 5.91 Å². The molecule has 0 saturated carbocycles. The van der Waals surface area contributed by atoms with Crippen molar-refractivity contribution in [2.45, 2.75) is 51.7 Å². The minimum absolute atomic E-state index is 0.0356. The third-order valence-corrected chi connectivity index (χ3v) is 7.72. The van der Waals surface area contributed by atoms with Gasteiger partial charge in [-0.1, -0.05) is 38.6 Å². The Bertz CT molecular complexity index is 882. The number of ether oxygens (including phenoxy) is 1. The van der Waals surface area contributed by atoms with Crippen LogP contribution in [0.15, 0.2) is 23.9 Å². The van der Waals surface area contributed by atoms with Gasteiger partial charge in [-0.05, 0) is 42.2 Å². The highest BCUT2D eigenvalue weighted by Crippen LogP contribution is 2.42. The van der Waals surface area contributed by atoms with Crippen molar-refractivity contribution in [3.63, 3.8) is 0 Å². The fourth-order valence-electron chi connectivity index (χ4n) is 3.72. The Kier molecular flexibility index (Phi) is 7.76. The van der Waals surface area contributed by atoms with Crippen molar-refractivity contribution in [2.24, 2.45) is 11.3 Å². The molecule has 1 atom stereocenters. The van der Waals surface area contributed by atoms with Gasteiger partial charge in [-0.2, -0.15) is 0 Å². The summed E-state index contributed by atoms with van der Waals surface area (Å²) in [5.41, 5.74) is 1.79. The summed E-state index contributed by atoms with van der Waals surface area (Å²) in [6, 6.07) is 2.30. The van der Waals surface area contributed by atoms with Crippen molar-refractivity contribution in [3.05, 3.63) is 29.2 Å². The summed E-state index contributed by atoms with van der Waals surface area (Å²) in [5, 5.41) is 12.4. The van der Waals surface area contributed by atoms with Crippen LogP contribution in [-0.4, -0.2) is 46.7 Å². The molecule has 2 aromatic rings. The van der Waals surface area contributed by atoms with Crippen LogP contribution < -0.4 is 5.32 Å². The molecule has 1 amide bonds. The molecule has 0 aromatic carbocycles. The molecule has 0 saturated heterocycles. The number of amides is 1. The number of methoxy groups -OCH3 is 1. The van der Waals surface area contributed by atoms with Gasteiger partial charge in [-0.25, -0.2) is 0 Å². The Morgan fingerprint density at radius 3 is 2.97 bits per heavy atom. The van der Waals surface area contributed by atoms with Crippen molar-refractivity contribution in [3.8, 4) is 10.7 Å². The molecule has 3 rings (SSSR count). The summed E-state index contributed by atoms with van der Waals surface area (Å²) in [4.78, 5) is 14.6. The fraction of sp³-hybridized carbons (Fsp3) is 0.591. The zero-order valence-corrected chi connectivity index (χ0v) is 20.0. The van der Waals surface area contributed by atoms with Gasteiger partial charge in [0.05, 0.1) is 17.2 Å². The molecule has 8 heteroatoms. The van der Waals surface area contributed by atoms with E-state index in [9.17, 15) is 4.79 Å². The van der Waals surface area contributed by atoms with Gasteiger partial charge in [0.1, 0.15) is 0 Å². The van der Waals surface area contributed by atoms with E-state index >= 15 is 0 Å². The van der Waals surface area contributed by atoms with Gasteiger partial charge in [-0.3, -0.25) is 9.36 Å². The first kappa shape index (κ1) is 23.0. The first-order valence-electron chi connectivity index (χ1n) is 10.4. The molecule has 0 bridgehead atoms. The third kappa shape index (κ3) is 5.53. The summed E-state index contributed by atoms with van der Waals surface area (Å²) in [6.07, 6.45) is 5.36. The van der Waals surface area contributed by atoms with Crippen LogP contribution >= 0.6 is 23.1 Å². The predicted molar refractivity (Wildman–Crippen MR) is 124 cm³/mol. The van der Waals surface area contributed by atoms with Crippen molar-refractivity contribution in [1.29, 1.82) is 0 Å². The molecule has 0 fully saturated rings. The number of thioether (sulfide) groups is 1. The number of hydrogen-bond donors (Lipinski definition) is 1. The molecule has 1 aliphatic rings. The maximum atomic E-state index is 12.0. The predicted octanol–water partition coefficient (Wildman–Crippen LogP) is 4.20. The number of thiophene rings is 1. The smallest absolute Gasteiger partial charge is 0.230 e. The second-order valence-corrected chi connectivity index (χ2v) is 10.8. The lowest BCUT2D eigenvalue weighted by Gasteiger charge is -2.33. The maximum Gasteiger partial charge on any atom is 0.230 e. The molecular weight excluding hydrogens is 416 g/mol. The SMILES string of the molecule is C=CCn1c(SCC(=O)NCCOC)nnc1-c1cc2c(s1)CC[C@H](C(C)(C)C)C2. The van der Waals surface area contributed by atoms with E-state index in [1.807, 2.05) is 17.4 Å². The largest absolute Gasteiger partial charge is 0.383 e. The number of aromatic nitrogens is 3. The van der Waals surface area contributed by atoms with Crippen LogP contribution in [0.2, 0.25) is 0 Å². The van der Waals surface area contributed by atoms with E-state index < -0.39 is 0 Å². The van der Waals surface area contributed by atoms with Crippen molar-refractivity contribution >= 4 is 29.0 Å². The topological polar surface area (TPSA) is 69.0 Å². The lowest BCUT2D eigenvalue weighted by molar-refractivity contribution is -0.118. The first-order chi connectivity index (χ1) is 14.3. The second kappa shape index (κ2) is 10.1. The van der Waals surface area contributed by atoms with E-state index in [1.54, 1.807) is 7.11 Å². The third-order valence-electron chi connectivity index (χ3n) is 5.52. The Labute approximate surface area is 187 Å². The quantitative estimate of drug-likeness (QED) is 0.354. The summed E-state index contributed by atoms with van der Waals surface area (Å²) in [6.45, 7) is 12.5.